The predicted molar refractivity (Wildman–Crippen MR) is 90.5 cm³/mol. The Morgan fingerprint density at radius 2 is 2.04 bits per heavy atom. The van der Waals surface area contributed by atoms with Crippen LogP contribution >= 0.6 is 0 Å². The Bertz CT molecular complexity index is 712. The molecule has 1 aromatic carbocycles. The molecule has 2 N–H and O–H groups in total. The molecule has 5 nitrogen and oxygen atoms in total. The number of benzene rings is 1. The number of nitrogens with one attached hydrogen (secondary N) is 1. The maximum atomic E-state index is 13.0. The van der Waals surface area contributed by atoms with Gasteiger partial charge in [-0.15, -0.1) is 0 Å². The third-order valence-corrected chi connectivity index (χ3v) is 4.54. The van der Waals surface area contributed by atoms with Gasteiger partial charge in [0.1, 0.15) is 5.82 Å². The van der Waals surface area contributed by atoms with Crippen LogP contribution < -0.4 is 10.1 Å². The van der Waals surface area contributed by atoms with Crippen molar-refractivity contribution in [2.75, 3.05) is 7.11 Å². The lowest BCUT2D eigenvalue weighted by Crippen LogP contribution is -2.41. The van der Waals surface area contributed by atoms with E-state index in [9.17, 15) is 14.3 Å². The smallest absolute Gasteiger partial charge is 0.224 e. The molecule has 1 unspecified atom stereocenters. The number of hydrogen-bond donors (Lipinski definition) is 2. The first-order valence-corrected chi connectivity index (χ1v) is 8.27. The van der Waals surface area contributed by atoms with Crippen molar-refractivity contribution in [1.82, 2.24) is 10.3 Å². The van der Waals surface area contributed by atoms with Gasteiger partial charge in [-0.3, -0.25) is 4.79 Å². The first-order valence-electron chi connectivity index (χ1n) is 8.27. The van der Waals surface area contributed by atoms with Crippen molar-refractivity contribution in [3.05, 3.63) is 59.5 Å². The van der Waals surface area contributed by atoms with E-state index in [1.54, 1.807) is 31.5 Å². The number of halogens is 1. The largest absolute Gasteiger partial charge is 0.481 e. The number of pyridine rings is 1. The molecule has 0 spiro atoms. The zero-order chi connectivity index (χ0) is 17.8. The van der Waals surface area contributed by atoms with E-state index in [2.05, 4.69) is 10.3 Å². The molecule has 1 aliphatic carbocycles. The van der Waals surface area contributed by atoms with Gasteiger partial charge in [0.2, 0.25) is 11.8 Å². The molecular formula is C19H21FN2O3. The molecule has 0 saturated heterocycles. The highest BCUT2D eigenvalue weighted by atomic mass is 19.1. The molecule has 25 heavy (non-hydrogen) atoms. The average molecular weight is 344 g/mol. The molecule has 1 aliphatic rings. The Kier molecular flexibility index (Phi) is 5.28. The van der Waals surface area contributed by atoms with Crippen molar-refractivity contribution >= 4 is 5.91 Å². The normalized spacial score (nSPS) is 20.4. The van der Waals surface area contributed by atoms with Crippen molar-refractivity contribution in [3.63, 3.8) is 0 Å². The second kappa shape index (κ2) is 7.61. The van der Waals surface area contributed by atoms with Crippen LogP contribution in [0.3, 0.4) is 0 Å². The minimum Gasteiger partial charge on any atom is -0.481 e. The molecular weight excluding hydrogens is 323 g/mol. The summed E-state index contributed by atoms with van der Waals surface area (Å²) in [6, 6.07) is 9.31. The lowest BCUT2D eigenvalue weighted by atomic mass is 9.75. The van der Waals surface area contributed by atoms with Crippen LogP contribution in [0.2, 0.25) is 0 Å². The van der Waals surface area contributed by atoms with Gasteiger partial charge in [-0.2, -0.15) is 0 Å². The first-order chi connectivity index (χ1) is 12.0. The average Bonchev–Trinajstić information content (AvgIpc) is 2.59. The highest BCUT2D eigenvalue weighted by Crippen LogP contribution is 2.38. The van der Waals surface area contributed by atoms with Gasteiger partial charge in [-0.25, -0.2) is 9.37 Å². The maximum Gasteiger partial charge on any atom is 0.224 e. The molecule has 1 heterocycles. The van der Waals surface area contributed by atoms with E-state index < -0.39 is 0 Å². The number of carbonyl (C=O) groups excluding carboxylic acids is 1. The van der Waals surface area contributed by atoms with Gasteiger partial charge in [0, 0.05) is 12.3 Å². The highest BCUT2D eigenvalue weighted by molar-refractivity contribution is 5.79. The fourth-order valence-corrected chi connectivity index (χ4v) is 3.08. The minimum absolute atomic E-state index is 0.145. The van der Waals surface area contributed by atoms with Crippen LogP contribution in [0.1, 0.15) is 30.0 Å². The standard InChI is InChI=1S/C19H21FN2O3/c1-25-18-7-4-13(11-21-18)19(14-9-16(23)10-14)22-17(24)8-12-2-5-15(20)6-3-12/h2-7,11,14,16,19,23H,8-10H2,1H3,(H,22,24). The lowest BCUT2D eigenvalue weighted by Gasteiger charge is -2.38. The summed E-state index contributed by atoms with van der Waals surface area (Å²) in [6.45, 7) is 0. The Balaban J connectivity index is 1.70. The minimum atomic E-state index is -0.324. The Morgan fingerprint density at radius 3 is 2.60 bits per heavy atom. The monoisotopic (exact) mass is 344 g/mol. The molecule has 3 rings (SSSR count). The number of aliphatic hydroxyl groups excluding tert-OH is 1. The summed E-state index contributed by atoms with van der Waals surface area (Å²) in [7, 11) is 1.55. The third kappa shape index (κ3) is 4.33. The number of carbonyl (C=O) groups is 1. The molecule has 2 aromatic rings. The SMILES string of the molecule is COc1ccc(C(NC(=O)Cc2ccc(F)cc2)C2CC(O)C2)cn1. The maximum absolute atomic E-state index is 13.0. The predicted octanol–water partition coefficient (Wildman–Crippen LogP) is 2.40. The van der Waals surface area contributed by atoms with Gasteiger partial charge in [-0.1, -0.05) is 18.2 Å². The number of aromatic nitrogens is 1. The van der Waals surface area contributed by atoms with Gasteiger partial charge in [0.05, 0.1) is 25.7 Å². The van der Waals surface area contributed by atoms with E-state index in [1.165, 1.54) is 12.1 Å². The summed E-state index contributed by atoms with van der Waals surface area (Å²) in [6.07, 6.45) is 2.84. The zero-order valence-electron chi connectivity index (χ0n) is 14.0. The van der Waals surface area contributed by atoms with Crippen molar-refractivity contribution in [2.45, 2.75) is 31.4 Å². The molecule has 1 atom stereocenters. The Morgan fingerprint density at radius 1 is 1.32 bits per heavy atom. The molecule has 0 bridgehead atoms. The van der Waals surface area contributed by atoms with Crippen molar-refractivity contribution in [3.8, 4) is 5.88 Å². The Labute approximate surface area is 145 Å². The van der Waals surface area contributed by atoms with Crippen molar-refractivity contribution in [1.29, 1.82) is 0 Å². The van der Waals surface area contributed by atoms with E-state index in [4.69, 9.17) is 4.74 Å². The van der Waals surface area contributed by atoms with Crippen LogP contribution in [-0.2, 0) is 11.2 Å². The summed E-state index contributed by atoms with van der Waals surface area (Å²) in [5, 5.41) is 12.6. The van der Waals surface area contributed by atoms with Crippen LogP contribution in [0.15, 0.2) is 42.6 Å². The van der Waals surface area contributed by atoms with Crippen molar-refractivity contribution in [2.24, 2.45) is 5.92 Å². The van der Waals surface area contributed by atoms with Gasteiger partial charge in [-0.05, 0) is 42.0 Å². The van der Waals surface area contributed by atoms with Gasteiger partial charge >= 0.3 is 0 Å². The van der Waals surface area contributed by atoms with E-state index in [0.717, 1.165) is 11.1 Å². The molecule has 0 radical (unpaired) electrons. The molecule has 1 amide bonds. The fraction of sp³-hybridized carbons (Fsp3) is 0.368. The van der Waals surface area contributed by atoms with Crippen LogP contribution in [0.5, 0.6) is 5.88 Å². The third-order valence-electron chi connectivity index (χ3n) is 4.54. The summed E-state index contributed by atoms with van der Waals surface area (Å²) in [5.74, 6) is 0.208. The van der Waals surface area contributed by atoms with Crippen LogP contribution in [-0.4, -0.2) is 29.2 Å². The molecule has 0 aliphatic heterocycles. The van der Waals surface area contributed by atoms with Crippen LogP contribution in [0, 0.1) is 11.7 Å². The fourth-order valence-electron chi connectivity index (χ4n) is 3.08. The van der Waals surface area contributed by atoms with Crippen molar-refractivity contribution < 1.29 is 19.0 Å². The lowest BCUT2D eigenvalue weighted by molar-refractivity contribution is -0.122. The second-order valence-electron chi connectivity index (χ2n) is 6.37. The van der Waals surface area contributed by atoms with Crippen LogP contribution in [0.25, 0.3) is 0 Å². The number of rotatable bonds is 6. The van der Waals surface area contributed by atoms with Gasteiger partial charge in [0.25, 0.3) is 0 Å². The van der Waals surface area contributed by atoms with Gasteiger partial charge in [0.15, 0.2) is 0 Å². The number of ether oxygens (including phenoxy) is 1. The molecule has 1 fully saturated rings. The summed E-state index contributed by atoms with van der Waals surface area (Å²) < 4.78 is 18.0. The van der Waals surface area contributed by atoms with E-state index in [0.29, 0.717) is 18.7 Å². The number of nitrogens with zero attached hydrogens (tertiary/aromatic N) is 1. The quantitative estimate of drug-likeness (QED) is 0.844. The summed E-state index contributed by atoms with van der Waals surface area (Å²) in [4.78, 5) is 16.6. The van der Waals surface area contributed by atoms with E-state index in [1.807, 2.05) is 6.07 Å². The first kappa shape index (κ1) is 17.4. The molecule has 132 valence electrons. The van der Waals surface area contributed by atoms with E-state index >= 15 is 0 Å². The van der Waals surface area contributed by atoms with E-state index in [-0.39, 0.29) is 36.2 Å². The number of methoxy groups -OCH3 is 1. The molecule has 1 aromatic heterocycles. The Hall–Kier alpha value is -2.47. The summed E-state index contributed by atoms with van der Waals surface area (Å²) >= 11 is 0. The topological polar surface area (TPSA) is 71.5 Å². The number of amides is 1. The van der Waals surface area contributed by atoms with Gasteiger partial charge < -0.3 is 15.2 Å². The molecule has 1 saturated carbocycles. The number of hydrogen-bond acceptors (Lipinski definition) is 4. The molecule has 6 heteroatoms. The highest BCUT2D eigenvalue weighted by Gasteiger charge is 2.35. The summed E-state index contributed by atoms with van der Waals surface area (Å²) in [5.41, 5.74) is 1.63. The zero-order valence-corrected chi connectivity index (χ0v) is 14.0. The second-order valence-corrected chi connectivity index (χ2v) is 6.37. The number of aliphatic hydroxyl groups is 1. The van der Waals surface area contributed by atoms with Crippen LogP contribution in [0.4, 0.5) is 4.39 Å².